The number of benzene rings is 3. The molecule has 0 bridgehead atoms. The highest BCUT2D eigenvalue weighted by atomic mass is 28.4. The molecule has 0 unspecified atom stereocenters. The van der Waals surface area contributed by atoms with Gasteiger partial charge in [0.25, 0.3) is 8.32 Å². The van der Waals surface area contributed by atoms with Crippen LogP contribution in [0, 0.1) is 31.6 Å². The number of allylic oxidation sites excluding steroid dienone is 1. The highest BCUT2D eigenvalue weighted by Gasteiger charge is 2.58. The largest absolute Gasteiger partial charge is 0.507 e. The molecule has 2 saturated heterocycles. The Labute approximate surface area is 339 Å². The zero-order valence-electron chi connectivity index (χ0n) is 34.3. The number of carboxylic acids is 1. The SMILES string of the molecule is C/C(=C\c1cc(C)c(O)c(C)c1)CC[C@H]1OB(O)C[C@H]2C1=C(CO[Si](c1ccccc1)(c1ccccc1)C(C)(C)C)C[C@H]1C(=O)N(CCCCCC(=O)O)C(=O)[C@H]12. The fraction of sp³-hybridized carbons (Fsp3) is 0.457. The summed E-state index contributed by atoms with van der Waals surface area (Å²) < 4.78 is 13.9. The Morgan fingerprint density at radius 2 is 1.54 bits per heavy atom. The molecule has 2 fully saturated rings. The first-order valence-corrected chi connectivity index (χ1v) is 22.4. The Bertz CT molecular complexity index is 1950. The monoisotopic (exact) mass is 791 g/mol. The maximum Gasteiger partial charge on any atom is 0.455 e. The molecule has 4 atom stereocenters. The molecule has 0 saturated carbocycles. The van der Waals surface area contributed by atoms with Gasteiger partial charge in [0.15, 0.2) is 0 Å². The number of aliphatic carboxylic acids is 1. The van der Waals surface area contributed by atoms with Crippen LogP contribution < -0.4 is 10.4 Å². The first-order valence-electron chi connectivity index (χ1n) is 20.5. The van der Waals surface area contributed by atoms with Crippen molar-refractivity contribution in [1.82, 2.24) is 4.90 Å². The van der Waals surface area contributed by atoms with E-state index in [2.05, 4.69) is 82.3 Å². The number of carbonyl (C=O) groups excluding carboxylic acids is 2. The molecule has 0 spiro atoms. The zero-order chi connectivity index (χ0) is 41.1. The van der Waals surface area contributed by atoms with E-state index in [9.17, 15) is 24.5 Å². The van der Waals surface area contributed by atoms with Gasteiger partial charge in [-0.25, -0.2) is 0 Å². The number of likely N-dealkylation sites (tertiary alicyclic amines) is 1. The van der Waals surface area contributed by atoms with Crippen LogP contribution in [-0.2, 0) is 23.5 Å². The number of carbonyl (C=O) groups is 3. The zero-order valence-corrected chi connectivity index (χ0v) is 35.3. The number of nitrogens with zero attached hydrogens (tertiary/aromatic N) is 1. The summed E-state index contributed by atoms with van der Waals surface area (Å²) >= 11 is 0. The summed E-state index contributed by atoms with van der Waals surface area (Å²) in [7, 11) is -4.08. The van der Waals surface area contributed by atoms with E-state index >= 15 is 0 Å². The molecule has 11 heteroatoms. The summed E-state index contributed by atoms with van der Waals surface area (Å²) in [6, 6.07) is 24.8. The van der Waals surface area contributed by atoms with Crippen molar-refractivity contribution in [3.05, 3.63) is 106 Å². The maximum absolute atomic E-state index is 14.3. The van der Waals surface area contributed by atoms with Crippen LogP contribution in [0.2, 0.25) is 11.4 Å². The molecular weight excluding hydrogens is 733 g/mol. The second-order valence-electron chi connectivity index (χ2n) is 17.3. The molecule has 6 rings (SSSR count). The second-order valence-corrected chi connectivity index (χ2v) is 21.6. The summed E-state index contributed by atoms with van der Waals surface area (Å²) in [5.74, 6) is -2.53. The third-order valence-corrected chi connectivity index (χ3v) is 17.3. The predicted octanol–water partition coefficient (Wildman–Crippen LogP) is 7.21. The lowest BCUT2D eigenvalue weighted by Crippen LogP contribution is -2.66. The van der Waals surface area contributed by atoms with Crippen molar-refractivity contribution in [3.8, 4) is 5.75 Å². The van der Waals surface area contributed by atoms with Crippen LogP contribution in [0.15, 0.2) is 89.5 Å². The Morgan fingerprint density at radius 1 is 0.930 bits per heavy atom. The van der Waals surface area contributed by atoms with Crippen molar-refractivity contribution in [3.63, 3.8) is 0 Å². The fourth-order valence-electron chi connectivity index (χ4n) is 9.65. The van der Waals surface area contributed by atoms with Crippen LogP contribution in [0.4, 0.5) is 0 Å². The summed E-state index contributed by atoms with van der Waals surface area (Å²) in [5, 5.41) is 32.7. The van der Waals surface area contributed by atoms with Gasteiger partial charge in [-0.3, -0.25) is 19.3 Å². The number of unbranched alkanes of at least 4 members (excludes halogenated alkanes) is 2. The first kappa shape index (κ1) is 42.3. The lowest BCUT2D eigenvalue weighted by Gasteiger charge is -2.46. The predicted molar refractivity (Wildman–Crippen MR) is 227 cm³/mol. The molecule has 3 aromatic carbocycles. The molecule has 0 radical (unpaired) electrons. The van der Waals surface area contributed by atoms with Gasteiger partial charge in [0, 0.05) is 13.0 Å². The smallest absolute Gasteiger partial charge is 0.455 e. The van der Waals surface area contributed by atoms with E-state index in [0.29, 0.717) is 44.3 Å². The number of phenolic OH excluding ortho intramolecular Hbond substituents is 1. The van der Waals surface area contributed by atoms with E-state index in [-0.39, 0.29) is 42.7 Å². The van der Waals surface area contributed by atoms with E-state index in [0.717, 1.165) is 43.8 Å². The maximum atomic E-state index is 14.3. The number of rotatable bonds is 15. The first-order chi connectivity index (χ1) is 27.1. The number of aromatic hydroxyl groups is 1. The third-order valence-electron chi connectivity index (χ3n) is 12.3. The number of carboxylic acid groups (broad SMARTS) is 1. The Kier molecular flexibility index (Phi) is 13.1. The summed E-state index contributed by atoms with van der Waals surface area (Å²) in [6.07, 6.45) is 5.12. The minimum absolute atomic E-state index is 0.0549. The molecule has 2 amide bonds. The summed E-state index contributed by atoms with van der Waals surface area (Å²) in [6.45, 7) is 13.1. The second kappa shape index (κ2) is 17.7. The molecule has 1 aliphatic carbocycles. The van der Waals surface area contributed by atoms with Gasteiger partial charge in [-0.1, -0.05) is 99.5 Å². The average molecular weight is 792 g/mol. The van der Waals surface area contributed by atoms with Gasteiger partial charge >= 0.3 is 13.1 Å². The van der Waals surface area contributed by atoms with Crippen LogP contribution in [0.1, 0.15) is 89.3 Å². The van der Waals surface area contributed by atoms with E-state index < -0.39 is 45.3 Å². The number of hydrogen-bond donors (Lipinski definition) is 3. The van der Waals surface area contributed by atoms with Gasteiger partial charge < -0.3 is 24.3 Å². The van der Waals surface area contributed by atoms with Crippen molar-refractivity contribution < 1.29 is 38.7 Å². The highest BCUT2D eigenvalue weighted by molar-refractivity contribution is 6.99. The molecular formula is C46H58BNO8Si. The van der Waals surface area contributed by atoms with Crippen LogP contribution in [-0.4, -0.2) is 72.6 Å². The fourth-order valence-corrected chi connectivity index (χ4v) is 14.2. The normalized spacial score (nSPS) is 21.6. The molecule has 2 aliphatic heterocycles. The quantitative estimate of drug-likeness (QED) is 0.0637. The lowest BCUT2D eigenvalue weighted by atomic mass is 9.58. The number of phenols is 1. The van der Waals surface area contributed by atoms with E-state index in [1.165, 1.54) is 4.90 Å². The van der Waals surface area contributed by atoms with Crippen LogP contribution in [0.5, 0.6) is 5.75 Å². The van der Waals surface area contributed by atoms with Crippen molar-refractivity contribution in [1.29, 1.82) is 0 Å². The number of aryl methyl sites for hydroxylation is 2. The van der Waals surface area contributed by atoms with Gasteiger partial charge in [0.05, 0.1) is 24.5 Å². The van der Waals surface area contributed by atoms with Gasteiger partial charge in [0.1, 0.15) is 5.75 Å². The Morgan fingerprint density at radius 3 is 2.12 bits per heavy atom. The minimum Gasteiger partial charge on any atom is -0.507 e. The van der Waals surface area contributed by atoms with Gasteiger partial charge in [0.2, 0.25) is 11.8 Å². The lowest BCUT2D eigenvalue weighted by molar-refractivity contribution is -0.141. The molecule has 2 heterocycles. The molecule has 57 heavy (non-hydrogen) atoms. The number of fused-ring (bicyclic) bond motifs is 3. The van der Waals surface area contributed by atoms with Gasteiger partial charge in [-0.2, -0.15) is 0 Å². The number of imide groups is 1. The van der Waals surface area contributed by atoms with Gasteiger partial charge in [-0.15, -0.1) is 0 Å². The molecule has 3 aromatic rings. The summed E-state index contributed by atoms with van der Waals surface area (Å²) in [5.41, 5.74) is 5.69. The minimum atomic E-state index is -2.99. The third kappa shape index (κ3) is 8.92. The van der Waals surface area contributed by atoms with E-state index in [4.69, 9.17) is 14.2 Å². The number of hydrogen-bond acceptors (Lipinski definition) is 7. The van der Waals surface area contributed by atoms with Crippen molar-refractivity contribution >= 4 is 49.7 Å². The van der Waals surface area contributed by atoms with Gasteiger partial charge in [-0.05, 0) is 120 Å². The molecule has 0 aromatic heterocycles. The Balaban J connectivity index is 1.37. The molecule has 3 N–H and O–H groups in total. The highest BCUT2D eigenvalue weighted by Crippen LogP contribution is 2.51. The van der Waals surface area contributed by atoms with Crippen molar-refractivity contribution in [2.24, 2.45) is 17.8 Å². The molecule has 9 nitrogen and oxygen atoms in total. The average Bonchev–Trinajstić information content (AvgIpc) is 3.40. The summed E-state index contributed by atoms with van der Waals surface area (Å²) in [4.78, 5) is 40.9. The van der Waals surface area contributed by atoms with Crippen molar-refractivity contribution in [2.75, 3.05) is 13.2 Å². The topological polar surface area (TPSA) is 134 Å². The van der Waals surface area contributed by atoms with E-state index in [1.54, 1.807) is 0 Å². The number of amides is 2. The standard InChI is InChI=1S/C46H58BNO8Si/c1-30(24-33-25-31(2)43(51)32(3)26-33)21-22-39-41-34(29-55-57(46(4,5)6,35-16-10-7-11-17-35)36-18-12-8-13-19-36)27-37-42(38(41)28-47(54)56-39)45(53)48(44(37)52)23-15-9-14-20-40(49)50/h7-8,10-13,16-19,24-26,37-39,42,51,54H,9,14-15,20-23,27-29H2,1-6H3,(H,49,50)/b30-24+/t37-,38+,39-,42-/m1/s1. The van der Waals surface area contributed by atoms with Crippen LogP contribution >= 0.6 is 0 Å². The molecule has 3 aliphatic rings. The van der Waals surface area contributed by atoms with E-state index in [1.807, 2.05) is 38.1 Å². The molecule has 302 valence electrons. The van der Waals surface area contributed by atoms with Crippen molar-refractivity contribution in [2.45, 2.75) is 104 Å². The van der Waals surface area contributed by atoms with Crippen LogP contribution in [0.25, 0.3) is 6.08 Å². The van der Waals surface area contributed by atoms with Crippen LogP contribution in [0.3, 0.4) is 0 Å². The Hall–Kier alpha value is -4.29.